The number of amides is 1. The van der Waals surface area contributed by atoms with Crippen LogP contribution < -0.4 is 4.74 Å². The highest BCUT2D eigenvalue weighted by Gasteiger charge is 2.29. The number of likely N-dealkylation sites (tertiary alicyclic amines) is 1. The first-order valence-corrected chi connectivity index (χ1v) is 11.9. The summed E-state index contributed by atoms with van der Waals surface area (Å²) in [4.78, 5) is 19.8. The van der Waals surface area contributed by atoms with Crippen LogP contribution in [0.5, 0.6) is 5.75 Å². The van der Waals surface area contributed by atoms with Crippen molar-refractivity contribution in [2.45, 2.75) is 38.5 Å². The molecule has 5 nitrogen and oxygen atoms in total. The first-order valence-electron chi connectivity index (χ1n) is 10.4. The Morgan fingerprint density at radius 1 is 1.21 bits per heavy atom. The van der Waals surface area contributed by atoms with Crippen LogP contribution in [0.15, 0.2) is 18.2 Å². The molecule has 0 radical (unpaired) electrons. The topological polar surface area (TPSA) is 36.0 Å². The average molecular weight is 424 g/mol. The second-order valence-corrected chi connectivity index (χ2v) is 9.77. The maximum atomic E-state index is 12.9. The second-order valence-electron chi connectivity index (χ2n) is 8.11. The minimum Gasteiger partial charge on any atom is -0.489 e. The predicted molar refractivity (Wildman–Crippen MR) is 115 cm³/mol. The van der Waals surface area contributed by atoms with Gasteiger partial charge < -0.3 is 9.64 Å². The maximum absolute atomic E-state index is 12.9. The van der Waals surface area contributed by atoms with E-state index in [9.17, 15) is 4.79 Å². The van der Waals surface area contributed by atoms with Crippen LogP contribution >= 0.6 is 23.4 Å². The summed E-state index contributed by atoms with van der Waals surface area (Å²) in [5.41, 5.74) is 1.06. The van der Waals surface area contributed by atoms with Gasteiger partial charge in [0.2, 0.25) is 5.91 Å². The largest absolute Gasteiger partial charge is 0.489 e. The zero-order valence-corrected chi connectivity index (χ0v) is 18.2. The number of hydrogen-bond acceptors (Lipinski definition) is 5. The van der Waals surface area contributed by atoms with E-state index < -0.39 is 0 Å². The lowest BCUT2D eigenvalue weighted by Crippen LogP contribution is -2.51. The maximum Gasteiger partial charge on any atom is 0.236 e. The molecule has 1 atom stereocenters. The van der Waals surface area contributed by atoms with Gasteiger partial charge in [-0.05, 0) is 38.0 Å². The lowest BCUT2D eigenvalue weighted by molar-refractivity contribution is -0.134. The molecule has 28 heavy (non-hydrogen) atoms. The fourth-order valence-corrected chi connectivity index (χ4v) is 5.67. The van der Waals surface area contributed by atoms with Crippen LogP contribution in [0.1, 0.15) is 25.3 Å². The molecule has 1 aromatic rings. The first kappa shape index (κ1) is 20.3. The summed E-state index contributed by atoms with van der Waals surface area (Å²) in [6, 6.07) is 6.41. The lowest BCUT2D eigenvalue weighted by atomic mass is 10.0. The molecule has 0 aliphatic carbocycles. The smallest absolute Gasteiger partial charge is 0.236 e. The summed E-state index contributed by atoms with van der Waals surface area (Å²) in [5.74, 6) is 3.62. The Kier molecular flexibility index (Phi) is 6.71. The van der Waals surface area contributed by atoms with Gasteiger partial charge in [-0.3, -0.25) is 14.6 Å². The van der Waals surface area contributed by atoms with E-state index in [1.807, 2.05) is 18.2 Å². The van der Waals surface area contributed by atoms with E-state index in [4.69, 9.17) is 16.3 Å². The molecule has 1 aromatic carbocycles. The number of benzene rings is 1. The van der Waals surface area contributed by atoms with Crippen molar-refractivity contribution < 1.29 is 9.53 Å². The zero-order chi connectivity index (χ0) is 19.5. The Hall–Kier alpha value is -0.950. The van der Waals surface area contributed by atoms with E-state index in [0.29, 0.717) is 24.2 Å². The van der Waals surface area contributed by atoms with Gasteiger partial charge in [-0.1, -0.05) is 11.6 Å². The second kappa shape index (κ2) is 9.24. The molecule has 0 aromatic heterocycles. The SMILES string of the molecule is CC1CN(CC(=O)N2CCC(N3CCSCC3)CC2)Cc2cc(Cl)ccc2O1. The number of halogens is 1. The third-order valence-electron chi connectivity index (χ3n) is 6.00. The minimum absolute atomic E-state index is 0.0536. The third kappa shape index (κ3) is 4.96. The van der Waals surface area contributed by atoms with Crippen molar-refractivity contribution in [1.82, 2.24) is 14.7 Å². The number of hydrogen-bond donors (Lipinski definition) is 0. The van der Waals surface area contributed by atoms with Crippen LogP contribution in [0.3, 0.4) is 0 Å². The molecule has 0 bridgehead atoms. The molecular weight excluding hydrogens is 394 g/mol. The number of fused-ring (bicyclic) bond motifs is 1. The molecule has 1 amide bonds. The predicted octanol–water partition coefficient (Wildman–Crippen LogP) is 2.96. The zero-order valence-electron chi connectivity index (χ0n) is 16.6. The Morgan fingerprint density at radius 3 is 2.71 bits per heavy atom. The van der Waals surface area contributed by atoms with Gasteiger partial charge in [-0.25, -0.2) is 0 Å². The highest BCUT2D eigenvalue weighted by Crippen LogP contribution is 2.28. The van der Waals surface area contributed by atoms with Crippen molar-refractivity contribution >= 4 is 29.3 Å². The Bertz CT molecular complexity index is 690. The highest BCUT2D eigenvalue weighted by atomic mass is 35.5. The number of carbonyl (C=O) groups is 1. The van der Waals surface area contributed by atoms with Gasteiger partial charge in [0.25, 0.3) is 0 Å². The van der Waals surface area contributed by atoms with Crippen molar-refractivity contribution in [3.8, 4) is 5.75 Å². The van der Waals surface area contributed by atoms with Crippen LogP contribution in [0, 0.1) is 0 Å². The third-order valence-corrected chi connectivity index (χ3v) is 7.18. The highest BCUT2D eigenvalue weighted by molar-refractivity contribution is 7.99. The molecule has 1 unspecified atom stereocenters. The quantitative estimate of drug-likeness (QED) is 0.747. The summed E-state index contributed by atoms with van der Waals surface area (Å²) in [5, 5.41) is 0.710. The summed E-state index contributed by atoms with van der Waals surface area (Å²) >= 11 is 8.22. The number of thioether (sulfide) groups is 1. The molecule has 3 aliphatic heterocycles. The van der Waals surface area contributed by atoms with E-state index >= 15 is 0 Å². The van der Waals surface area contributed by atoms with Crippen LogP contribution in [0.25, 0.3) is 0 Å². The summed E-state index contributed by atoms with van der Waals surface area (Å²) in [6.45, 7) is 8.14. The monoisotopic (exact) mass is 423 g/mol. The number of nitrogens with zero attached hydrogens (tertiary/aromatic N) is 3. The van der Waals surface area contributed by atoms with Crippen LogP contribution in [-0.2, 0) is 11.3 Å². The van der Waals surface area contributed by atoms with Gasteiger partial charge in [0.05, 0.1) is 6.54 Å². The molecular formula is C21H30ClN3O2S. The standard InChI is InChI=1S/C21H30ClN3O2S/c1-16-13-23(14-17-12-18(22)2-3-20(17)27-16)15-21(26)25-6-4-19(5-7-25)24-8-10-28-11-9-24/h2-3,12,16,19H,4-11,13-15H2,1H3. The summed E-state index contributed by atoms with van der Waals surface area (Å²) < 4.78 is 6.02. The van der Waals surface area contributed by atoms with Crippen molar-refractivity contribution in [2.75, 3.05) is 50.8 Å². The molecule has 0 spiro atoms. The molecule has 0 N–H and O–H groups in total. The Labute approximate surface area is 177 Å². The van der Waals surface area contributed by atoms with E-state index in [1.54, 1.807) is 0 Å². The summed E-state index contributed by atoms with van der Waals surface area (Å²) in [6.07, 6.45) is 2.26. The van der Waals surface area contributed by atoms with Gasteiger partial charge in [-0.2, -0.15) is 11.8 Å². The summed E-state index contributed by atoms with van der Waals surface area (Å²) in [7, 11) is 0. The molecule has 4 rings (SSSR count). The number of ether oxygens (including phenoxy) is 1. The van der Waals surface area contributed by atoms with Crippen LogP contribution in [0.2, 0.25) is 5.02 Å². The van der Waals surface area contributed by atoms with Crippen molar-refractivity contribution in [3.05, 3.63) is 28.8 Å². The normalized spacial score (nSPS) is 25.1. The van der Waals surface area contributed by atoms with Crippen molar-refractivity contribution in [3.63, 3.8) is 0 Å². The Morgan fingerprint density at radius 2 is 1.96 bits per heavy atom. The van der Waals surface area contributed by atoms with E-state index in [1.165, 1.54) is 24.6 Å². The molecule has 2 saturated heterocycles. The molecule has 7 heteroatoms. The number of carbonyl (C=O) groups excluding carboxylic acids is 1. The number of rotatable bonds is 3. The Balaban J connectivity index is 1.32. The van der Waals surface area contributed by atoms with Gasteiger partial charge in [0, 0.05) is 67.4 Å². The number of piperidine rings is 1. The van der Waals surface area contributed by atoms with Crippen molar-refractivity contribution in [2.24, 2.45) is 0 Å². The average Bonchev–Trinajstić information content (AvgIpc) is 2.85. The fraction of sp³-hybridized carbons (Fsp3) is 0.667. The fourth-order valence-electron chi connectivity index (χ4n) is 4.54. The molecule has 154 valence electrons. The van der Waals surface area contributed by atoms with Gasteiger partial charge >= 0.3 is 0 Å². The molecule has 2 fully saturated rings. The molecule has 3 aliphatic rings. The van der Waals surface area contributed by atoms with Gasteiger partial charge in [0.15, 0.2) is 0 Å². The molecule has 3 heterocycles. The lowest BCUT2D eigenvalue weighted by Gasteiger charge is -2.40. The van der Waals surface area contributed by atoms with E-state index in [0.717, 1.165) is 43.8 Å². The van der Waals surface area contributed by atoms with E-state index in [2.05, 4.69) is 33.4 Å². The van der Waals surface area contributed by atoms with Crippen LogP contribution in [-0.4, -0.2) is 83.5 Å². The van der Waals surface area contributed by atoms with E-state index in [-0.39, 0.29) is 12.0 Å². The van der Waals surface area contributed by atoms with Gasteiger partial charge in [0.1, 0.15) is 11.9 Å². The van der Waals surface area contributed by atoms with Crippen LogP contribution in [0.4, 0.5) is 0 Å². The molecule has 0 saturated carbocycles. The minimum atomic E-state index is 0.0536. The van der Waals surface area contributed by atoms with Crippen molar-refractivity contribution in [1.29, 1.82) is 0 Å². The van der Waals surface area contributed by atoms with Gasteiger partial charge in [-0.15, -0.1) is 0 Å². The first-order chi connectivity index (χ1) is 13.6.